The normalized spacial score (nSPS) is 10.1. The summed E-state index contributed by atoms with van der Waals surface area (Å²) in [6.45, 7) is 0. The molecular formula is C14H9ClFNO3. The zero-order valence-corrected chi connectivity index (χ0v) is 10.8. The van der Waals surface area contributed by atoms with Gasteiger partial charge in [-0.05, 0) is 30.3 Å². The van der Waals surface area contributed by atoms with E-state index in [-0.39, 0.29) is 21.8 Å². The minimum atomic E-state index is -1.15. The van der Waals surface area contributed by atoms with Gasteiger partial charge in [0, 0.05) is 5.56 Å². The number of rotatable bonds is 3. The van der Waals surface area contributed by atoms with Crippen LogP contribution in [-0.2, 0) is 0 Å². The molecule has 0 saturated carbocycles. The Balaban J connectivity index is 2.29. The molecule has 4 nitrogen and oxygen atoms in total. The quantitative estimate of drug-likeness (QED) is 0.911. The molecule has 2 aromatic rings. The summed E-state index contributed by atoms with van der Waals surface area (Å²) >= 11 is 5.79. The van der Waals surface area contributed by atoms with Crippen molar-refractivity contribution in [1.29, 1.82) is 0 Å². The second kappa shape index (κ2) is 5.71. The average molecular weight is 294 g/mol. The first-order valence-electron chi connectivity index (χ1n) is 5.58. The van der Waals surface area contributed by atoms with E-state index in [1.807, 2.05) is 0 Å². The van der Waals surface area contributed by atoms with Gasteiger partial charge in [0.05, 0.1) is 16.3 Å². The van der Waals surface area contributed by atoms with Crippen LogP contribution in [0.4, 0.5) is 10.1 Å². The Morgan fingerprint density at radius 3 is 2.40 bits per heavy atom. The van der Waals surface area contributed by atoms with Gasteiger partial charge in [-0.25, -0.2) is 9.18 Å². The van der Waals surface area contributed by atoms with E-state index in [1.54, 1.807) is 0 Å². The van der Waals surface area contributed by atoms with Crippen LogP contribution in [0.25, 0.3) is 0 Å². The Hall–Kier alpha value is -2.40. The molecule has 0 heterocycles. The third kappa shape index (κ3) is 2.95. The molecule has 2 N–H and O–H groups in total. The summed E-state index contributed by atoms with van der Waals surface area (Å²) in [5, 5.41) is 11.2. The van der Waals surface area contributed by atoms with E-state index >= 15 is 0 Å². The molecule has 0 spiro atoms. The summed E-state index contributed by atoms with van der Waals surface area (Å²) in [5.74, 6) is -2.45. The van der Waals surface area contributed by atoms with E-state index < -0.39 is 17.7 Å². The lowest BCUT2D eigenvalue weighted by Gasteiger charge is -2.08. The molecule has 2 aromatic carbocycles. The number of anilines is 1. The monoisotopic (exact) mass is 293 g/mol. The molecular weight excluding hydrogens is 285 g/mol. The van der Waals surface area contributed by atoms with Crippen LogP contribution in [-0.4, -0.2) is 17.0 Å². The van der Waals surface area contributed by atoms with E-state index in [0.29, 0.717) is 0 Å². The molecule has 20 heavy (non-hydrogen) atoms. The summed E-state index contributed by atoms with van der Waals surface area (Å²) in [6.07, 6.45) is 0. The molecule has 0 atom stereocenters. The molecule has 102 valence electrons. The van der Waals surface area contributed by atoms with Crippen LogP contribution in [0.2, 0.25) is 5.02 Å². The molecule has 0 aliphatic heterocycles. The zero-order valence-electron chi connectivity index (χ0n) is 10.1. The van der Waals surface area contributed by atoms with Gasteiger partial charge in [-0.3, -0.25) is 4.79 Å². The van der Waals surface area contributed by atoms with Crippen LogP contribution in [0, 0.1) is 5.82 Å². The van der Waals surface area contributed by atoms with Crippen molar-refractivity contribution in [3.63, 3.8) is 0 Å². The van der Waals surface area contributed by atoms with Crippen LogP contribution in [0.3, 0.4) is 0 Å². The molecule has 0 aromatic heterocycles. The maximum absolute atomic E-state index is 13.5. The van der Waals surface area contributed by atoms with Gasteiger partial charge in [0.25, 0.3) is 5.91 Å². The van der Waals surface area contributed by atoms with Crippen LogP contribution >= 0.6 is 11.6 Å². The Morgan fingerprint density at radius 1 is 1.10 bits per heavy atom. The second-order valence-corrected chi connectivity index (χ2v) is 4.34. The number of hydrogen-bond donors (Lipinski definition) is 2. The van der Waals surface area contributed by atoms with Crippen molar-refractivity contribution in [2.75, 3.05) is 5.32 Å². The van der Waals surface area contributed by atoms with E-state index in [1.165, 1.54) is 36.4 Å². The SMILES string of the molecule is O=C(O)c1cccc(C(=O)Nc2c(F)cccc2Cl)c1. The van der Waals surface area contributed by atoms with Crippen LogP contribution < -0.4 is 5.32 Å². The van der Waals surface area contributed by atoms with Crippen LogP contribution in [0.1, 0.15) is 20.7 Å². The largest absolute Gasteiger partial charge is 0.478 e. The Morgan fingerprint density at radius 2 is 1.75 bits per heavy atom. The number of carbonyl (C=O) groups excluding carboxylic acids is 1. The minimum absolute atomic E-state index is 0.0303. The third-order valence-electron chi connectivity index (χ3n) is 2.57. The summed E-state index contributed by atoms with van der Waals surface area (Å²) in [4.78, 5) is 22.8. The molecule has 0 bridgehead atoms. The topological polar surface area (TPSA) is 66.4 Å². The van der Waals surface area contributed by atoms with Crippen LogP contribution in [0.15, 0.2) is 42.5 Å². The van der Waals surface area contributed by atoms with Gasteiger partial charge in [0.15, 0.2) is 0 Å². The molecule has 6 heteroatoms. The van der Waals surface area contributed by atoms with Crippen molar-refractivity contribution in [2.45, 2.75) is 0 Å². The van der Waals surface area contributed by atoms with Crippen molar-refractivity contribution in [3.05, 3.63) is 64.4 Å². The highest BCUT2D eigenvalue weighted by atomic mass is 35.5. The Kier molecular flexibility index (Phi) is 4.00. The molecule has 2 rings (SSSR count). The van der Waals surface area contributed by atoms with E-state index in [2.05, 4.69) is 5.32 Å². The first-order valence-corrected chi connectivity index (χ1v) is 5.95. The third-order valence-corrected chi connectivity index (χ3v) is 2.89. The summed E-state index contributed by atoms with van der Waals surface area (Å²) in [5.41, 5.74) is -0.0682. The summed E-state index contributed by atoms with van der Waals surface area (Å²) < 4.78 is 13.5. The average Bonchev–Trinajstić information content (AvgIpc) is 2.43. The van der Waals surface area contributed by atoms with E-state index in [4.69, 9.17) is 16.7 Å². The highest BCUT2D eigenvalue weighted by Crippen LogP contribution is 2.25. The summed E-state index contributed by atoms with van der Waals surface area (Å²) in [7, 11) is 0. The second-order valence-electron chi connectivity index (χ2n) is 3.94. The number of hydrogen-bond acceptors (Lipinski definition) is 2. The predicted octanol–water partition coefficient (Wildman–Crippen LogP) is 3.43. The van der Waals surface area contributed by atoms with Gasteiger partial charge in [0.2, 0.25) is 0 Å². The van der Waals surface area contributed by atoms with Gasteiger partial charge in [0.1, 0.15) is 5.82 Å². The van der Waals surface area contributed by atoms with Crippen molar-refractivity contribution in [2.24, 2.45) is 0 Å². The number of amides is 1. The van der Waals surface area contributed by atoms with Gasteiger partial charge < -0.3 is 10.4 Å². The fourth-order valence-electron chi connectivity index (χ4n) is 1.60. The maximum atomic E-state index is 13.5. The smallest absolute Gasteiger partial charge is 0.335 e. The fourth-order valence-corrected chi connectivity index (χ4v) is 1.81. The molecule has 0 radical (unpaired) electrons. The molecule has 1 amide bonds. The van der Waals surface area contributed by atoms with Crippen LogP contribution in [0.5, 0.6) is 0 Å². The first kappa shape index (κ1) is 14.0. The lowest BCUT2D eigenvalue weighted by molar-refractivity contribution is 0.0697. The van der Waals surface area contributed by atoms with Gasteiger partial charge in [-0.15, -0.1) is 0 Å². The highest BCUT2D eigenvalue weighted by Gasteiger charge is 2.13. The standard InChI is InChI=1S/C14H9ClFNO3/c15-10-5-2-6-11(16)12(10)17-13(18)8-3-1-4-9(7-8)14(19)20/h1-7H,(H,17,18)(H,19,20). The lowest BCUT2D eigenvalue weighted by Crippen LogP contribution is -2.14. The van der Waals surface area contributed by atoms with E-state index in [0.717, 1.165) is 6.07 Å². The number of aromatic carboxylic acids is 1. The van der Waals surface area contributed by atoms with Crippen molar-refractivity contribution >= 4 is 29.2 Å². The lowest BCUT2D eigenvalue weighted by atomic mass is 10.1. The fraction of sp³-hybridized carbons (Fsp3) is 0. The van der Waals surface area contributed by atoms with Gasteiger partial charge >= 0.3 is 5.97 Å². The van der Waals surface area contributed by atoms with E-state index in [9.17, 15) is 14.0 Å². The van der Waals surface area contributed by atoms with Gasteiger partial charge in [-0.2, -0.15) is 0 Å². The molecule has 0 fully saturated rings. The van der Waals surface area contributed by atoms with Gasteiger partial charge in [-0.1, -0.05) is 23.7 Å². The number of nitrogens with one attached hydrogen (secondary N) is 1. The first-order chi connectivity index (χ1) is 9.49. The number of halogens is 2. The number of para-hydroxylation sites is 1. The molecule has 0 saturated heterocycles. The van der Waals surface area contributed by atoms with Crippen molar-refractivity contribution in [1.82, 2.24) is 0 Å². The number of carbonyl (C=O) groups is 2. The number of carboxylic acid groups (broad SMARTS) is 1. The maximum Gasteiger partial charge on any atom is 0.335 e. The zero-order chi connectivity index (χ0) is 14.7. The predicted molar refractivity (Wildman–Crippen MR) is 72.8 cm³/mol. The molecule has 0 unspecified atom stereocenters. The van der Waals surface area contributed by atoms with Crippen molar-refractivity contribution in [3.8, 4) is 0 Å². The molecule has 0 aliphatic rings. The number of carboxylic acids is 1. The minimum Gasteiger partial charge on any atom is -0.478 e. The molecule has 0 aliphatic carbocycles. The Labute approximate surface area is 118 Å². The van der Waals surface area contributed by atoms with Crippen molar-refractivity contribution < 1.29 is 19.1 Å². The Bertz CT molecular complexity index is 668. The number of benzene rings is 2. The highest BCUT2D eigenvalue weighted by molar-refractivity contribution is 6.34. The summed E-state index contributed by atoms with van der Waals surface area (Å²) in [6, 6.07) is 9.43.